The van der Waals surface area contributed by atoms with Crippen LogP contribution in [0.5, 0.6) is 0 Å². The maximum Gasteiger partial charge on any atom is 0.416 e. The van der Waals surface area contributed by atoms with Crippen molar-refractivity contribution in [1.82, 2.24) is 0 Å². The third kappa shape index (κ3) is 3.27. The van der Waals surface area contributed by atoms with E-state index in [-0.39, 0.29) is 11.3 Å². The van der Waals surface area contributed by atoms with Gasteiger partial charge in [-0.3, -0.25) is 0 Å². The zero-order chi connectivity index (χ0) is 14.6. The molecule has 0 spiro atoms. The lowest BCUT2D eigenvalue weighted by Gasteiger charge is -2.08. The van der Waals surface area contributed by atoms with Gasteiger partial charge in [-0.15, -0.1) is 0 Å². The first-order chi connectivity index (χ1) is 9.50. The maximum absolute atomic E-state index is 12.7. The summed E-state index contributed by atoms with van der Waals surface area (Å²) in [6, 6.07) is 12.3. The lowest BCUT2D eigenvalue weighted by Crippen LogP contribution is -2.04. The number of hydrogen-bond donors (Lipinski definition) is 0. The van der Waals surface area contributed by atoms with Gasteiger partial charge in [0.2, 0.25) is 0 Å². The second-order valence-corrected chi connectivity index (χ2v) is 4.13. The molecule has 0 atom stereocenters. The average Bonchev–Trinajstić information content (AvgIpc) is 2.45. The molecule has 0 unspecified atom stereocenters. The molecule has 100 valence electrons. The van der Waals surface area contributed by atoms with E-state index >= 15 is 0 Å². The Morgan fingerprint density at radius 3 is 2.25 bits per heavy atom. The zero-order valence-electron chi connectivity index (χ0n) is 10.4. The quantitative estimate of drug-likeness (QED) is 0.508. The summed E-state index contributed by atoms with van der Waals surface area (Å²) in [5.74, 6) is 0. The molecule has 0 aliphatic heterocycles. The minimum absolute atomic E-state index is 0.199. The number of rotatable bonds is 2. The van der Waals surface area contributed by atoms with E-state index in [4.69, 9.17) is 6.57 Å². The van der Waals surface area contributed by atoms with Crippen LogP contribution in [-0.4, -0.2) is 0 Å². The number of hydrogen-bond acceptors (Lipinski definition) is 0. The Kier molecular flexibility index (Phi) is 3.90. The highest BCUT2D eigenvalue weighted by Gasteiger charge is 2.30. The van der Waals surface area contributed by atoms with Gasteiger partial charge in [-0.2, -0.15) is 13.2 Å². The van der Waals surface area contributed by atoms with Crippen LogP contribution >= 0.6 is 0 Å². The normalized spacial score (nSPS) is 11.5. The van der Waals surface area contributed by atoms with E-state index in [1.54, 1.807) is 6.08 Å². The van der Waals surface area contributed by atoms with Crippen LogP contribution in [0.1, 0.15) is 16.7 Å². The van der Waals surface area contributed by atoms with Crippen molar-refractivity contribution >= 4 is 17.8 Å². The van der Waals surface area contributed by atoms with Gasteiger partial charge < -0.3 is 0 Å². The highest BCUT2D eigenvalue weighted by molar-refractivity contribution is 5.77. The topological polar surface area (TPSA) is 4.36 Å². The molecule has 2 rings (SSSR count). The summed E-state index contributed by atoms with van der Waals surface area (Å²) in [6.45, 7) is 7.00. The molecule has 0 radical (unpaired) electrons. The van der Waals surface area contributed by atoms with Crippen molar-refractivity contribution in [2.75, 3.05) is 0 Å². The number of benzene rings is 2. The van der Waals surface area contributed by atoms with Crippen molar-refractivity contribution in [3.8, 4) is 0 Å². The van der Waals surface area contributed by atoms with E-state index < -0.39 is 11.7 Å². The summed E-state index contributed by atoms with van der Waals surface area (Å²) in [5.41, 5.74) is 0.572. The first-order valence-corrected chi connectivity index (χ1v) is 5.82. The molecule has 1 nitrogen and oxygen atoms in total. The predicted octanol–water partition coefficient (Wildman–Crippen LogP) is 5.43. The Balaban J connectivity index is 2.40. The third-order valence-corrected chi connectivity index (χ3v) is 2.73. The largest absolute Gasteiger partial charge is 0.416 e. The first kappa shape index (κ1) is 13.9. The van der Waals surface area contributed by atoms with Gasteiger partial charge in [0.15, 0.2) is 5.69 Å². The molecule has 0 aliphatic rings. The van der Waals surface area contributed by atoms with E-state index in [2.05, 4.69) is 4.85 Å². The molecule has 0 aliphatic carbocycles. The molecule has 0 saturated carbocycles. The van der Waals surface area contributed by atoms with Crippen LogP contribution in [0.2, 0.25) is 0 Å². The van der Waals surface area contributed by atoms with E-state index in [0.717, 1.165) is 17.7 Å². The van der Waals surface area contributed by atoms with Gasteiger partial charge in [-0.1, -0.05) is 60.7 Å². The Labute approximate surface area is 114 Å². The molecule has 0 saturated heterocycles. The van der Waals surface area contributed by atoms with Crippen molar-refractivity contribution in [2.45, 2.75) is 6.18 Å². The van der Waals surface area contributed by atoms with Crippen LogP contribution in [0, 0.1) is 6.57 Å². The molecule has 0 N–H and O–H groups in total. The maximum atomic E-state index is 12.7. The van der Waals surface area contributed by atoms with Gasteiger partial charge in [0, 0.05) is 0 Å². The number of halogens is 3. The number of nitrogens with zero attached hydrogens (tertiary/aromatic N) is 1. The molecular formula is C16H10F3N. The molecule has 0 fully saturated rings. The predicted molar refractivity (Wildman–Crippen MR) is 73.1 cm³/mol. The SMILES string of the molecule is [C-]#[N+]c1ccc(C(F)(F)F)cc1/C=C/c1ccccc1. The van der Waals surface area contributed by atoms with Crippen LogP contribution in [0.3, 0.4) is 0 Å². The van der Waals surface area contributed by atoms with Crippen LogP contribution in [0.15, 0.2) is 48.5 Å². The smallest absolute Gasteiger partial charge is 0.238 e. The third-order valence-electron chi connectivity index (χ3n) is 2.73. The molecule has 0 bridgehead atoms. The fraction of sp³-hybridized carbons (Fsp3) is 0.0625. The van der Waals surface area contributed by atoms with Gasteiger partial charge >= 0.3 is 6.18 Å². The van der Waals surface area contributed by atoms with Crippen molar-refractivity contribution in [2.24, 2.45) is 0 Å². The van der Waals surface area contributed by atoms with Gasteiger partial charge in [-0.25, -0.2) is 4.85 Å². The van der Waals surface area contributed by atoms with Crippen molar-refractivity contribution in [1.29, 1.82) is 0 Å². The van der Waals surface area contributed by atoms with Gasteiger partial charge in [0.1, 0.15) is 0 Å². The van der Waals surface area contributed by atoms with Crippen LogP contribution in [0.25, 0.3) is 17.0 Å². The fourth-order valence-corrected chi connectivity index (χ4v) is 1.72. The molecular weight excluding hydrogens is 263 g/mol. The standard InChI is InChI=1S/C16H10F3N/c1-20-15-10-9-14(16(17,18)19)11-13(15)8-7-12-5-3-2-4-6-12/h2-11H/b8-7+. The molecule has 2 aromatic carbocycles. The Morgan fingerprint density at radius 2 is 1.65 bits per heavy atom. The van der Waals surface area contributed by atoms with Gasteiger partial charge in [0.05, 0.1) is 12.1 Å². The van der Waals surface area contributed by atoms with Crippen LogP contribution in [-0.2, 0) is 6.18 Å². The Bertz CT molecular complexity index is 664. The molecule has 4 heteroatoms. The van der Waals surface area contributed by atoms with E-state index in [9.17, 15) is 13.2 Å². The Hall–Kier alpha value is -2.54. The highest BCUT2D eigenvalue weighted by atomic mass is 19.4. The van der Waals surface area contributed by atoms with Crippen molar-refractivity contribution in [3.05, 3.63) is 76.6 Å². The summed E-state index contributed by atoms with van der Waals surface area (Å²) < 4.78 is 38.0. The van der Waals surface area contributed by atoms with Crippen LogP contribution < -0.4 is 0 Å². The highest BCUT2D eigenvalue weighted by Crippen LogP contribution is 2.33. The van der Waals surface area contributed by atoms with E-state index in [0.29, 0.717) is 0 Å². The van der Waals surface area contributed by atoms with Crippen molar-refractivity contribution in [3.63, 3.8) is 0 Å². The Morgan fingerprint density at radius 1 is 0.950 bits per heavy atom. The monoisotopic (exact) mass is 273 g/mol. The second kappa shape index (κ2) is 5.62. The summed E-state index contributed by atoms with van der Waals surface area (Å²) >= 11 is 0. The molecule has 2 aromatic rings. The molecule has 0 aromatic heterocycles. The minimum Gasteiger partial charge on any atom is -0.238 e. The van der Waals surface area contributed by atoms with Gasteiger partial charge in [-0.05, 0) is 11.1 Å². The fourth-order valence-electron chi connectivity index (χ4n) is 1.72. The van der Waals surface area contributed by atoms with Gasteiger partial charge in [0.25, 0.3) is 0 Å². The molecule has 20 heavy (non-hydrogen) atoms. The first-order valence-electron chi connectivity index (χ1n) is 5.82. The summed E-state index contributed by atoms with van der Waals surface area (Å²) in [5, 5.41) is 0. The van der Waals surface area contributed by atoms with Crippen molar-refractivity contribution < 1.29 is 13.2 Å². The second-order valence-electron chi connectivity index (χ2n) is 4.13. The lowest BCUT2D eigenvalue weighted by molar-refractivity contribution is -0.137. The minimum atomic E-state index is -4.41. The molecule has 0 amide bonds. The van der Waals surface area contributed by atoms with E-state index in [1.807, 2.05) is 30.3 Å². The summed E-state index contributed by atoms with van der Waals surface area (Å²) in [7, 11) is 0. The average molecular weight is 273 g/mol. The van der Waals surface area contributed by atoms with E-state index in [1.165, 1.54) is 12.1 Å². The number of alkyl halides is 3. The van der Waals surface area contributed by atoms with Crippen LogP contribution in [0.4, 0.5) is 18.9 Å². The summed E-state index contributed by atoms with van der Waals surface area (Å²) in [6.07, 6.45) is -1.20. The lowest BCUT2D eigenvalue weighted by atomic mass is 10.1. The summed E-state index contributed by atoms with van der Waals surface area (Å²) in [4.78, 5) is 3.24. The molecule has 0 heterocycles. The zero-order valence-corrected chi connectivity index (χ0v) is 10.4.